The Morgan fingerprint density at radius 3 is 0.979 bits per heavy atom. The van der Waals surface area contributed by atoms with Gasteiger partial charge in [0, 0.05) is 6.61 Å². The molecule has 0 spiro atoms. The molecule has 0 aromatic rings. The lowest BCUT2D eigenvalue weighted by atomic mass is 10.00. The van der Waals surface area contributed by atoms with Crippen molar-refractivity contribution in [3.05, 3.63) is 0 Å². The molecule has 0 aromatic heterocycles. The minimum absolute atomic E-state index is 0.000972. The minimum Gasteiger partial charge on any atom is -0.463 e. The summed E-state index contributed by atoms with van der Waals surface area (Å²) in [5.74, 6) is -0.118. The molecule has 12 heteroatoms. The van der Waals surface area contributed by atoms with Crippen LogP contribution in [0.1, 0.15) is 85.0 Å². The molecule has 0 aliphatic rings. The van der Waals surface area contributed by atoms with Crippen LogP contribution in [0, 0.1) is 5.92 Å². The molecule has 0 saturated carbocycles. The third-order valence-electron chi connectivity index (χ3n) is 7.19. The quantitative estimate of drug-likeness (QED) is 0.0611. The second kappa shape index (κ2) is 42.2. The Morgan fingerprint density at radius 2 is 0.646 bits per heavy atom. The summed E-state index contributed by atoms with van der Waals surface area (Å²) in [7, 11) is 0. The molecule has 0 fully saturated rings. The van der Waals surface area contributed by atoms with E-state index in [0.717, 1.165) is 38.7 Å². The van der Waals surface area contributed by atoms with Crippen molar-refractivity contribution in [2.24, 2.45) is 5.92 Å². The van der Waals surface area contributed by atoms with Gasteiger partial charge in [-0.25, -0.2) is 0 Å². The highest BCUT2D eigenvalue weighted by Gasteiger charge is 2.16. The van der Waals surface area contributed by atoms with E-state index in [4.69, 9.17) is 52.1 Å². The van der Waals surface area contributed by atoms with Gasteiger partial charge in [-0.2, -0.15) is 0 Å². The first kappa shape index (κ1) is 47.1. The van der Waals surface area contributed by atoms with Crippen LogP contribution in [-0.2, 0) is 56.9 Å². The molecule has 12 nitrogen and oxygen atoms in total. The van der Waals surface area contributed by atoms with Gasteiger partial charge in [-0.05, 0) is 19.3 Å². The first-order valence-corrected chi connectivity index (χ1v) is 18.7. The van der Waals surface area contributed by atoms with E-state index < -0.39 is 0 Å². The Morgan fingerprint density at radius 1 is 0.354 bits per heavy atom. The maximum Gasteiger partial charge on any atom is 0.308 e. The lowest BCUT2D eigenvalue weighted by molar-refractivity contribution is -0.150. The van der Waals surface area contributed by atoms with Crippen LogP contribution in [0.5, 0.6) is 0 Å². The maximum atomic E-state index is 12.0. The largest absolute Gasteiger partial charge is 0.463 e. The van der Waals surface area contributed by atoms with Crippen molar-refractivity contribution < 1.29 is 56.9 Å². The van der Waals surface area contributed by atoms with E-state index >= 15 is 0 Å². The number of hydrogen-bond acceptors (Lipinski definition) is 12. The zero-order chi connectivity index (χ0) is 34.9. The summed E-state index contributed by atoms with van der Waals surface area (Å²) in [5.41, 5.74) is 0. The molecule has 0 aromatic carbocycles. The van der Waals surface area contributed by atoms with Gasteiger partial charge in [0.25, 0.3) is 0 Å². The van der Waals surface area contributed by atoms with Crippen LogP contribution in [0.25, 0.3) is 0 Å². The molecule has 0 saturated heterocycles. The Balaban J connectivity index is 3.13. The predicted octanol–water partition coefficient (Wildman–Crippen LogP) is 5.27. The summed E-state index contributed by atoms with van der Waals surface area (Å²) in [6, 6.07) is 0. The monoisotopic (exact) mass is 697 g/mol. The van der Waals surface area contributed by atoms with Gasteiger partial charge in [0.15, 0.2) is 0 Å². The Hall–Kier alpha value is -0.930. The molecule has 1 unspecified atom stereocenters. The van der Waals surface area contributed by atoms with Gasteiger partial charge >= 0.3 is 5.97 Å². The predicted molar refractivity (Wildman–Crippen MR) is 186 cm³/mol. The summed E-state index contributed by atoms with van der Waals surface area (Å²) in [5, 5.41) is 0. The minimum atomic E-state index is -0.117. The van der Waals surface area contributed by atoms with Gasteiger partial charge in [0.2, 0.25) is 0 Å². The molecule has 0 radical (unpaired) electrons. The van der Waals surface area contributed by atoms with Crippen molar-refractivity contribution >= 4 is 5.97 Å². The van der Waals surface area contributed by atoms with Crippen LogP contribution < -0.4 is 0 Å². The topological polar surface area (TPSA) is 119 Å². The molecule has 48 heavy (non-hydrogen) atoms. The summed E-state index contributed by atoms with van der Waals surface area (Å²) < 4.78 is 60.3. The highest BCUT2D eigenvalue weighted by molar-refractivity contribution is 5.72. The normalized spacial score (nSPS) is 12.1. The number of ether oxygens (including phenoxy) is 11. The van der Waals surface area contributed by atoms with Gasteiger partial charge < -0.3 is 52.1 Å². The average Bonchev–Trinajstić information content (AvgIpc) is 3.10. The molecule has 0 heterocycles. The van der Waals surface area contributed by atoms with Crippen LogP contribution in [0.2, 0.25) is 0 Å². The molecular weight excluding hydrogens is 624 g/mol. The first-order valence-electron chi connectivity index (χ1n) is 18.7. The average molecular weight is 697 g/mol. The SMILES string of the molecule is CCCCCCCCOCCOCCOCCOCCOCCOCCOCCOCCOCCOCCOC(=O)C(CC)CCCC. The third-order valence-corrected chi connectivity index (χ3v) is 7.19. The van der Waals surface area contributed by atoms with Gasteiger partial charge in [-0.1, -0.05) is 65.7 Å². The Labute approximate surface area is 292 Å². The summed E-state index contributed by atoms with van der Waals surface area (Å²) >= 11 is 0. The number of rotatable bonds is 42. The fraction of sp³-hybridized carbons (Fsp3) is 0.972. The number of esters is 1. The summed E-state index contributed by atoms with van der Waals surface area (Å²) in [6.45, 7) is 17.3. The highest BCUT2D eigenvalue weighted by Crippen LogP contribution is 2.14. The molecule has 1 atom stereocenters. The van der Waals surface area contributed by atoms with Crippen molar-refractivity contribution in [3.8, 4) is 0 Å². The van der Waals surface area contributed by atoms with E-state index in [0.29, 0.717) is 126 Å². The van der Waals surface area contributed by atoms with E-state index in [9.17, 15) is 4.79 Å². The number of hydrogen-bond donors (Lipinski definition) is 0. The van der Waals surface area contributed by atoms with Crippen LogP contribution in [0.15, 0.2) is 0 Å². The van der Waals surface area contributed by atoms with Crippen molar-refractivity contribution in [2.75, 3.05) is 139 Å². The standard InChI is InChI=1S/C36H72O12/c1-4-7-9-10-11-12-14-38-15-16-39-17-18-40-19-20-41-21-22-42-23-24-43-25-26-44-27-28-45-29-30-46-31-32-47-33-34-48-36(37)35(6-3)13-8-5-2/h35H,4-34H2,1-3H3. The van der Waals surface area contributed by atoms with Gasteiger partial charge in [0.1, 0.15) is 6.61 Å². The van der Waals surface area contributed by atoms with Crippen LogP contribution >= 0.6 is 0 Å². The smallest absolute Gasteiger partial charge is 0.308 e. The van der Waals surface area contributed by atoms with Crippen molar-refractivity contribution in [1.82, 2.24) is 0 Å². The summed E-state index contributed by atoms with van der Waals surface area (Å²) in [4.78, 5) is 12.0. The third kappa shape index (κ3) is 37.9. The van der Waals surface area contributed by atoms with Gasteiger partial charge in [-0.15, -0.1) is 0 Å². The number of unbranched alkanes of at least 4 members (excludes halogenated alkanes) is 6. The molecule has 0 bridgehead atoms. The Kier molecular flexibility index (Phi) is 41.4. The fourth-order valence-electron chi connectivity index (χ4n) is 4.32. The molecule has 0 N–H and O–H groups in total. The molecule has 0 aliphatic carbocycles. The molecule has 0 aliphatic heterocycles. The molecular formula is C36H72O12. The van der Waals surface area contributed by atoms with Crippen LogP contribution in [0.3, 0.4) is 0 Å². The Bertz CT molecular complexity index is 614. The fourth-order valence-corrected chi connectivity index (χ4v) is 4.32. The lowest BCUT2D eigenvalue weighted by Crippen LogP contribution is -2.20. The van der Waals surface area contributed by atoms with Gasteiger partial charge in [0.05, 0.1) is 131 Å². The van der Waals surface area contributed by atoms with E-state index in [1.165, 1.54) is 32.1 Å². The van der Waals surface area contributed by atoms with Crippen LogP contribution in [-0.4, -0.2) is 145 Å². The maximum absolute atomic E-state index is 12.0. The van der Waals surface area contributed by atoms with Crippen molar-refractivity contribution in [3.63, 3.8) is 0 Å². The first-order chi connectivity index (χ1) is 23.8. The highest BCUT2D eigenvalue weighted by atomic mass is 16.6. The zero-order valence-electron chi connectivity index (χ0n) is 30.9. The molecule has 0 amide bonds. The second-order valence-electron chi connectivity index (χ2n) is 11.3. The van der Waals surface area contributed by atoms with E-state index in [1.807, 2.05) is 6.92 Å². The number of carbonyl (C=O) groups excluding carboxylic acids is 1. The lowest BCUT2D eigenvalue weighted by Gasteiger charge is -2.13. The van der Waals surface area contributed by atoms with E-state index in [-0.39, 0.29) is 18.5 Å². The van der Waals surface area contributed by atoms with Crippen molar-refractivity contribution in [2.45, 2.75) is 85.0 Å². The summed E-state index contributed by atoms with van der Waals surface area (Å²) in [6.07, 6.45) is 11.5. The van der Waals surface area contributed by atoms with E-state index in [1.54, 1.807) is 0 Å². The van der Waals surface area contributed by atoms with Crippen molar-refractivity contribution in [1.29, 1.82) is 0 Å². The van der Waals surface area contributed by atoms with E-state index in [2.05, 4.69) is 13.8 Å². The number of carbonyl (C=O) groups is 1. The molecule has 0 rings (SSSR count). The zero-order valence-corrected chi connectivity index (χ0v) is 30.9. The second-order valence-corrected chi connectivity index (χ2v) is 11.3. The molecule has 288 valence electrons. The van der Waals surface area contributed by atoms with Gasteiger partial charge in [-0.3, -0.25) is 4.79 Å². The van der Waals surface area contributed by atoms with Crippen LogP contribution in [0.4, 0.5) is 0 Å².